The third-order valence-electron chi connectivity index (χ3n) is 3.82. The van der Waals surface area contributed by atoms with Gasteiger partial charge in [0.2, 0.25) is 0 Å². The third kappa shape index (κ3) is 6.41. The van der Waals surface area contributed by atoms with Crippen molar-refractivity contribution in [2.24, 2.45) is 0 Å². The molecule has 8 nitrogen and oxygen atoms in total. The van der Waals surface area contributed by atoms with Crippen molar-refractivity contribution in [2.45, 2.75) is 19.5 Å². The monoisotopic (exact) mass is 371 g/mol. The van der Waals surface area contributed by atoms with E-state index in [1.165, 1.54) is 0 Å². The molecule has 0 saturated carbocycles. The van der Waals surface area contributed by atoms with E-state index in [1.807, 2.05) is 44.1 Å². The average Bonchev–Trinajstić information content (AvgIpc) is 2.62. The van der Waals surface area contributed by atoms with Gasteiger partial charge in [-0.25, -0.2) is 9.59 Å². The van der Waals surface area contributed by atoms with Crippen molar-refractivity contribution in [1.29, 1.82) is 5.26 Å². The largest absolute Gasteiger partial charge is 0.478 e. The normalized spacial score (nSPS) is 11.7. The Bertz CT molecular complexity index is 938. The molecule has 0 aliphatic carbocycles. The molecule has 8 heteroatoms. The quantitative estimate of drug-likeness (QED) is 0.764. The number of hydrogen-bond donors (Lipinski definition) is 2. The first-order valence-electron chi connectivity index (χ1n) is 8.00. The maximum absolute atomic E-state index is 12.4. The number of rotatable bonds is 5. The van der Waals surface area contributed by atoms with E-state index in [4.69, 9.17) is 10.2 Å². The van der Waals surface area contributed by atoms with Crippen molar-refractivity contribution in [1.82, 2.24) is 9.47 Å². The molecule has 0 aliphatic heterocycles. The van der Waals surface area contributed by atoms with E-state index in [-0.39, 0.29) is 11.6 Å². The molecule has 0 spiro atoms. The molecule has 2 N–H and O–H groups in total. The molecule has 0 bridgehead atoms. The summed E-state index contributed by atoms with van der Waals surface area (Å²) in [6.07, 6.45) is 2.77. The van der Waals surface area contributed by atoms with Crippen LogP contribution < -0.4 is 5.56 Å². The fraction of sp³-hybridized carbons (Fsp3) is 0.263. The molecule has 1 aromatic carbocycles. The number of carboxylic acid groups (broad SMARTS) is 2. The minimum Gasteiger partial charge on any atom is -0.478 e. The highest BCUT2D eigenvalue weighted by molar-refractivity contribution is 5.89. The van der Waals surface area contributed by atoms with Crippen LogP contribution in [-0.2, 0) is 16.1 Å². The summed E-state index contributed by atoms with van der Waals surface area (Å²) in [4.78, 5) is 33.5. The lowest BCUT2D eigenvalue weighted by Gasteiger charge is -2.21. The molecular formula is C19H21N3O5. The molecule has 142 valence electrons. The second-order valence-corrected chi connectivity index (χ2v) is 5.98. The maximum Gasteiger partial charge on any atom is 0.328 e. The number of aliphatic carboxylic acids is 2. The van der Waals surface area contributed by atoms with E-state index in [2.05, 4.69) is 6.07 Å². The van der Waals surface area contributed by atoms with Gasteiger partial charge in [-0.05, 0) is 27.1 Å². The minimum atomic E-state index is -1.26. The standard InChI is InChI=1S/C15H17N3O.C4H4O4/c1-11(17(2)3)9-18-10-12(8-16)13-6-4-5-7-14(13)15(18)19;5-3(6)1-2-4(7)8/h4-7,10-11H,9H2,1-3H3;1-2H,(H,5,6)(H,7,8)/b;2-1-. The topological polar surface area (TPSA) is 124 Å². The fourth-order valence-corrected chi connectivity index (χ4v) is 2.16. The lowest BCUT2D eigenvalue weighted by Crippen LogP contribution is -2.33. The molecule has 1 unspecified atom stereocenters. The van der Waals surface area contributed by atoms with Gasteiger partial charge < -0.3 is 19.7 Å². The lowest BCUT2D eigenvalue weighted by molar-refractivity contribution is -0.134. The number of carbonyl (C=O) groups is 2. The van der Waals surface area contributed by atoms with E-state index in [0.717, 1.165) is 5.39 Å². The molecule has 2 rings (SSSR count). The number of nitriles is 1. The second kappa shape index (κ2) is 9.89. The Morgan fingerprint density at radius 3 is 2.15 bits per heavy atom. The van der Waals surface area contributed by atoms with Crippen molar-refractivity contribution >= 4 is 22.7 Å². The van der Waals surface area contributed by atoms with Crippen LogP contribution in [-0.4, -0.2) is 51.8 Å². The van der Waals surface area contributed by atoms with Gasteiger partial charge >= 0.3 is 11.9 Å². The van der Waals surface area contributed by atoms with Gasteiger partial charge in [0, 0.05) is 41.7 Å². The second-order valence-electron chi connectivity index (χ2n) is 5.98. The van der Waals surface area contributed by atoms with Gasteiger partial charge in [-0.15, -0.1) is 0 Å². The summed E-state index contributed by atoms with van der Waals surface area (Å²) in [5.41, 5.74) is 0.504. The van der Waals surface area contributed by atoms with E-state index in [1.54, 1.807) is 16.8 Å². The van der Waals surface area contributed by atoms with Crippen LogP contribution in [0, 0.1) is 11.3 Å². The molecule has 2 aromatic rings. The molecule has 1 heterocycles. The number of nitrogens with zero attached hydrogens (tertiary/aromatic N) is 3. The first-order chi connectivity index (χ1) is 12.7. The van der Waals surface area contributed by atoms with Crippen LogP contribution in [0.1, 0.15) is 12.5 Å². The van der Waals surface area contributed by atoms with E-state index in [0.29, 0.717) is 29.6 Å². The van der Waals surface area contributed by atoms with Crippen molar-refractivity contribution in [2.75, 3.05) is 14.1 Å². The van der Waals surface area contributed by atoms with Crippen LogP contribution >= 0.6 is 0 Å². The number of likely N-dealkylation sites (N-methyl/N-ethyl adjacent to an activating group) is 1. The SMILES string of the molecule is CC(Cn1cc(C#N)c2ccccc2c1=O)N(C)C.O=C(O)/C=C\C(=O)O. The highest BCUT2D eigenvalue weighted by Crippen LogP contribution is 2.14. The highest BCUT2D eigenvalue weighted by atomic mass is 16.4. The van der Waals surface area contributed by atoms with Crippen molar-refractivity contribution in [3.63, 3.8) is 0 Å². The number of benzene rings is 1. The summed E-state index contributed by atoms with van der Waals surface area (Å²) in [6.45, 7) is 2.62. The Morgan fingerprint density at radius 2 is 1.70 bits per heavy atom. The van der Waals surface area contributed by atoms with Crippen molar-refractivity contribution in [3.05, 3.63) is 58.5 Å². The Balaban J connectivity index is 0.000000387. The Kier molecular flexibility index (Phi) is 7.91. The smallest absolute Gasteiger partial charge is 0.328 e. The Labute approximate surface area is 156 Å². The molecule has 0 aliphatic rings. The summed E-state index contributed by atoms with van der Waals surface area (Å²) in [6, 6.07) is 9.65. The van der Waals surface area contributed by atoms with E-state index >= 15 is 0 Å². The molecule has 0 radical (unpaired) electrons. The molecule has 0 amide bonds. The number of aromatic nitrogens is 1. The summed E-state index contributed by atoms with van der Waals surface area (Å²) < 4.78 is 1.63. The van der Waals surface area contributed by atoms with Crippen LogP contribution in [0.25, 0.3) is 10.8 Å². The van der Waals surface area contributed by atoms with Gasteiger partial charge in [-0.3, -0.25) is 4.79 Å². The van der Waals surface area contributed by atoms with E-state index < -0.39 is 11.9 Å². The lowest BCUT2D eigenvalue weighted by atomic mass is 10.1. The first-order valence-corrected chi connectivity index (χ1v) is 8.00. The summed E-state index contributed by atoms with van der Waals surface area (Å²) in [5, 5.41) is 26.2. The molecule has 1 atom stereocenters. The summed E-state index contributed by atoms with van der Waals surface area (Å²) in [7, 11) is 3.95. The van der Waals surface area contributed by atoms with Gasteiger partial charge in [0.1, 0.15) is 6.07 Å². The van der Waals surface area contributed by atoms with Crippen molar-refractivity contribution < 1.29 is 19.8 Å². The first kappa shape index (κ1) is 21.6. The summed E-state index contributed by atoms with van der Waals surface area (Å²) in [5.74, 6) is -2.51. The fourth-order valence-electron chi connectivity index (χ4n) is 2.16. The van der Waals surface area contributed by atoms with Crippen LogP contribution in [0.3, 0.4) is 0 Å². The highest BCUT2D eigenvalue weighted by Gasteiger charge is 2.11. The molecule has 1 aromatic heterocycles. The van der Waals surface area contributed by atoms with Crippen LogP contribution in [0.5, 0.6) is 0 Å². The van der Waals surface area contributed by atoms with Crippen LogP contribution in [0.15, 0.2) is 47.4 Å². The molecular weight excluding hydrogens is 350 g/mol. The van der Waals surface area contributed by atoms with Gasteiger partial charge in [0.25, 0.3) is 5.56 Å². The van der Waals surface area contributed by atoms with E-state index in [9.17, 15) is 19.6 Å². The Hall–Kier alpha value is -3.44. The van der Waals surface area contributed by atoms with Gasteiger partial charge in [0.15, 0.2) is 0 Å². The Morgan fingerprint density at radius 1 is 1.19 bits per heavy atom. The van der Waals surface area contributed by atoms with Crippen molar-refractivity contribution in [3.8, 4) is 6.07 Å². The number of hydrogen-bond acceptors (Lipinski definition) is 5. The number of pyridine rings is 1. The summed E-state index contributed by atoms with van der Waals surface area (Å²) >= 11 is 0. The van der Waals surface area contributed by atoms with Crippen LogP contribution in [0.4, 0.5) is 0 Å². The predicted molar refractivity (Wildman–Crippen MR) is 100 cm³/mol. The molecule has 27 heavy (non-hydrogen) atoms. The number of fused-ring (bicyclic) bond motifs is 1. The number of carboxylic acids is 2. The van der Waals surface area contributed by atoms with Crippen LogP contribution in [0.2, 0.25) is 0 Å². The van der Waals surface area contributed by atoms with Gasteiger partial charge in [-0.1, -0.05) is 18.2 Å². The zero-order chi connectivity index (χ0) is 20.6. The minimum absolute atomic E-state index is 0.0386. The maximum atomic E-state index is 12.4. The molecule has 0 fully saturated rings. The van der Waals surface area contributed by atoms with Gasteiger partial charge in [0.05, 0.1) is 5.56 Å². The predicted octanol–water partition coefficient (Wildman–Crippen LogP) is 1.54. The van der Waals surface area contributed by atoms with Gasteiger partial charge in [-0.2, -0.15) is 5.26 Å². The zero-order valence-electron chi connectivity index (χ0n) is 15.3. The third-order valence-corrected chi connectivity index (χ3v) is 3.82. The zero-order valence-corrected chi connectivity index (χ0v) is 15.3. The average molecular weight is 371 g/mol. The molecule has 0 saturated heterocycles.